The maximum atomic E-state index is 6.12. The van der Waals surface area contributed by atoms with Crippen LogP contribution in [-0.4, -0.2) is 11.5 Å². The van der Waals surface area contributed by atoms with Crippen molar-refractivity contribution in [2.75, 3.05) is 12.3 Å². The van der Waals surface area contributed by atoms with Gasteiger partial charge in [0.05, 0.1) is 0 Å². The van der Waals surface area contributed by atoms with E-state index in [1.54, 1.807) is 6.20 Å². The molecule has 0 saturated heterocycles. The molecule has 2 rings (SSSR count). The molecular weight excluding hydrogens is 258 g/mol. The van der Waals surface area contributed by atoms with Crippen molar-refractivity contribution in [2.24, 2.45) is 0 Å². The van der Waals surface area contributed by atoms with Crippen molar-refractivity contribution in [1.82, 2.24) is 10.3 Å². The molecule has 21 heavy (non-hydrogen) atoms. The van der Waals surface area contributed by atoms with Gasteiger partial charge in [0.2, 0.25) is 0 Å². The molecule has 0 aliphatic carbocycles. The van der Waals surface area contributed by atoms with E-state index in [4.69, 9.17) is 5.73 Å². The second-order valence-corrected chi connectivity index (χ2v) is 5.95. The Kier molecular flexibility index (Phi) is 4.97. The molecule has 1 aromatic heterocycles. The number of nitrogen functional groups attached to an aromatic ring is 1. The Balaban J connectivity index is 2.42. The molecule has 2 aromatic rings. The molecule has 0 spiro atoms. The van der Waals surface area contributed by atoms with Crippen LogP contribution in [0.25, 0.3) is 0 Å². The van der Waals surface area contributed by atoms with Gasteiger partial charge >= 0.3 is 0 Å². The number of anilines is 1. The van der Waals surface area contributed by atoms with Gasteiger partial charge in [0, 0.05) is 23.2 Å². The second-order valence-electron chi connectivity index (χ2n) is 5.95. The fourth-order valence-corrected chi connectivity index (χ4v) is 2.75. The number of nitrogens with one attached hydrogen (secondary N) is 1. The summed E-state index contributed by atoms with van der Waals surface area (Å²) in [6.45, 7) is 7.63. The van der Waals surface area contributed by atoms with Crippen LogP contribution in [0.3, 0.4) is 0 Å². The van der Waals surface area contributed by atoms with Gasteiger partial charge in [-0.05, 0) is 24.6 Å². The largest absolute Gasteiger partial charge is 0.383 e. The number of nitrogens with zero attached hydrogens (tertiary/aromatic N) is 1. The highest BCUT2D eigenvalue weighted by Crippen LogP contribution is 2.38. The van der Waals surface area contributed by atoms with Crippen molar-refractivity contribution >= 4 is 5.82 Å². The summed E-state index contributed by atoms with van der Waals surface area (Å²) in [7, 11) is 0. The van der Waals surface area contributed by atoms with Gasteiger partial charge in [-0.15, -0.1) is 0 Å². The van der Waals surface area contributed by atoms with Crippen LogP contribution in [0.5, 0.6) is 0 Å². The minimum absolute atomic E-state index is 0.0758. The normalized spacial score (nSPS) is 13.1. The van der Waals surface area contributed by atoms with E-state index >= 15 is 0 Å². The predicted octanol–water partition coefficient (Wildman–Crippen LogP) is 3.68. The first-order valence-electron chi connectivity index (χ1n) is 7.56. The average Bonchev–Trinajstić information content (AvgIpc) is 2.50. The Hall–Kier alpha value is -1.87. The maximum Gasteiger partial charge on any atom is 0.128 e. The van der Waals surface area contributed by atoms with Crippen molar-refractivity contribution in [1.29, 1.82) is 0 Å². The average molecular weight is 283 g/mol. The van der Waals surface area contributed by atoms with E-state index in [0.717, 1.165) is 18.5 Å². The molecule has 1 aromatic carbocycles. The minimum Gasteiger partial charge on any atom is -0.383 e. The van der Waals surface area contributed by atoms with E-state index in [-0.39, 0.29) is 11.5 Å². The lowest BCUT2D eigenvalue weighted by Crippen LogP contribution is -2.38. The summed E-state index contributed by atoms with van der Waals surface area (Å²) in [6.07, 6.45) is 2.83. The molecular formula is C18H25N3. The van der Waals surface area contributed by atoms with Crippen molar-refractivity contribution < 1.29 is 0 Å². The molecule has 0 bridgehead atoms. The lowest BCUT2D eigenvalue weighted by molar-refractivity contribution is 0.348. The zero-order chi connectivity index (χ0) is 15.3. The molecule has 3 N–H and O–H groups in total. The molecule has 112 valence electrons. The Morgan fingerprint density at radius 2 is 1.86 bits per heavy atom. The van der Waals surface area contributed by atoms with Crippen LogP contribution in [0.2, 0.25) is 0 Å². The monoisotopic (exact) mass is 283 g/mol. The van der Waals surface area contributed by atoms with Crippen LogP contribution in [-0.2, 0) is 5.41 Å². The number of aromatic nitrogens is 1. The molecule has 0 saturated carbocycles. The lowest BCUT2D eigenvalue weighted by Gasteiger charge is -2.36. The molecule has 1 atom stereocenters. The highest BCUT2D eigenvalue weighted by molar-refractivity contribution is 5.44. The third kappa shape index (κ3) is 3.42. The number of pyridine rings is 1. The maximum absolute atomic E-state index is 6.12. The van der Waals surface area contributed by atoms with Gasteiger partial charge in [0.15, 0.2) is 0 Å². The van der Waals surface area contributed by atoms with Crippen molar-refractivity contribution in [3.8, 4) is 0 Å². The molecule has 0 fully saturated rings. The van der Waals surface area contributed by atoms with Gasteiger partial charge < -0.3 is 11.1 Å². The summed E-state index contributed by atoms with van der Waals surface area (Å²) in [5.41, 5.74) is 8.40. The zero-order valence-electron chi connectivity index (χ0n) is 13.1. The van der Waals surface area contributed by atoms with Gasteiger partial charge in [0.1, 0.15) is 5.82 Å². The molecule has 0 aliphatic rings. The quantitative estimate of drug-likeness (QED) is 0.850. The van der Waals surface area contributed by atoms with Crippen molar-refractivity contribution in [2.45, 2.75) is 38.6 Å². The summed E-state index contributed by atoms with van der Waals surface area (Å²) < 4.78 is 0. The molecule has 3 nitrogen and oxygen atoms in total. The summed E-state index contributed by atoms with van der Waals surface area (Å²) >= 11 is 0. The third-order valence-electron chi connectivity index (χ3n) is 4.02. The molecule has 0 aliphatic heterocycles. The van der Waals surface area contributed by atoms with Crippen LogP contribution in [0, 0.1) is 0 Å². The van der Waals surface area contributed by atoms with Crippen LogP contribution in [0.15, 0.2) is 48.7 Å². The Morgan fingerprint density at radius 1 is 1.14 bits per heavy atom. The van der Waals surface area contributed by atoms with Gasteiger partial charge in [-0.2, -0.15) is 0 Å². The first kappa shape index (κ1) is 15.5. The number of rotatable bonds is 6. The first-order chi connectivity index (χ1) is 10.1. The molecule has 0 radical (unpaired) electrons. The molecule has 1 unspecified atom stereocenters. The summed E-state index contributed by atoms with van der Waals surface area (Å²) in [5.74, 6) is 0.607. The smallest absolute Gasteiger partial charge is 0.128 e. The number of hydrogen-bond acceptors (Lipinski definition) is 3. The van der Waals surface area contributed by atoms with Gasteiger partial charge in [-0.3, -0.25) is 0 Å². The highest BCUT2D eigenvalue weighted by Gasteiger charge is 2.33. The van der Waals surface area contributed by atoms with Crippen LogP contribution < -0.4 is 11.1 Å². The number of hydrogen-bond donors (Lipinski definition) is 2. The third-order valence-corrected chi connectivity index (χ3v) is 4.02. The van der Waals surface area contributed by atoms with Crippen LogP contribution in [0.4, 0.5) is 5.82 Å². The minimum atomic E-state index is -0.0758. The second kappa shape index (κ2) is 6.72. The Bertz CT molecular complexity index is 564. The summed E-state index contributed by atoms with van der Waals surface area (Å²) in [5, 5.41) is 3.65. The van der Waals surface area contributed by atoms with Crippen molar-refractivity contribution in [3.63, 3.8) is 0 Å². The molecule has 3 heteroatoms. The fraction of sp³-hybridized carbons (Fsp3) is 0.389. The highest BCUT2D eigenvalue weighted by atomic mass is 14.9. The number of benzene rings is 1. The Labute approximate surface area is 127 Å². The first-order valence-corrected chi connectivity index (χ1v) is 7.56. The lowest BCUT2D eigenvalue weighted by atomic mass is 9.75. The van der Waals surface area contributed by atoms with Gasteiger partial charge in [0.25, 0.3) is 0 Å². The molecule has 1 heterocycles. The summed E-state index contributed by atoms with van der Waals surface area (Å²) in [4.78, 5) is 4.25. The van der Waals surface area contributed by atoms with Crippen LogP contribution >= 0.6 is 0 Å². The predicted molar refractivity (Wildman–Crippen MR) is 89.2 cm³/mol. The number of nitrogens with two attached hydrogens (primary N) is 1. The standard InChI is InChI=1S/C18H25N3/c1-4-12-20-16(15-11-8-13-21-17(15)19)18(2,3)14-9-6-5-7-10-14/h5-11,13,16,20H,4,12H2,1-3H3,(H2,19,21). The van der Waals surface area contributed by atoms with E-state index in [9.17, 15) is 0 Å². The van der Waals surface area contributed by atoms with E-state index in [0.29, 0.717) is 5.82 Å². The molecule has 0 amide bonds. The van der Waals surface area contributed by atoms with E-state index in [2.05, 4.69) is 61.4 Å². The van der Waals surface area contributed by atoms with Gasteiger partial charge in [-0.25, -0.2) is 4.98 Å². The Morgan fingerprint density at radius 3 is 2.48 bits per heavy atom. The van der Waals surface area contributed by atoms with Crippen LogP contribution in [0.1, 0.15) is 44.4 Å². The van der Waals surface area contributed by atoms with E-state index in [1.165, 1.54) is 5.56 Å². The fourth-order valence-electron chi connectivity index (χ4n) is 2.75. The topological polar surface area (TPSA) is 50.9 Å². The van der Waals surface area contributed by atoms with Gasteiger partial charge in [-0.1, -0.05) is 57.2 Å². The van der Waals surface area contributed by atoms with Crippen molar-refractivity contribution in [3.05, 3.63) is 59.8 Å². The SMILES string of the molecule is CCCNC(c1cccnc1N)C(C)(C)c1ccccc1. The van der Waals surface area contributed by atoms with E-state index in [1.807, 2.05) is 12.1 Å². The summed E-state index contributed by atoms with van der Waals surface area (Å²) in [6, 6.07) is 14.7. The van der Waals surface area contributed by atoms with E-state index < -0.39 is 0 Å². The zero-order valence-corrected chi connectivity index (χ0v) is 13.1.